The van der Waals surface area contributed by atoms with Gasteiger partial charge in [0, 0.05) is 25.8 Å². The van der Waals surface area contributed by atoms with E-state index in [1.165, 1.54) is 42.0 Å². The lowest BCUT2D eigenvalue weighted by Crippen LogP contribution is -2.29. The number of carboxylic acid groups (broad SMARTS) is 1. The highest BCUT2D eigenvalue weighted by atomic mass is 19.1. The quantitative estimate of drug-likeness (QED) is 0.834. The Labute approximate surface area is 154 Å². The molecule has 8 nitrogen and oxygen atoms in total. The van der Waals surface area contributed by atoms with Gasteiger partial charge in [0.05, 0.1) is 12.1 Å². The van der Waals surface area contributed by atoms with Crippen LogP contribution in [-0.2, 0) is 6.54 Å². The standard InChI is InChI=1S/C18H18FN3O5/c1-10-13(17(24)25)8-12(27-10)9-21(2)16(23)14-7-11(3-4-15(14)19)22-6-5-20-18(22)26/h3-4,7-8H,5-6,9H2,1-2H3,(H,20,26)(H,24,25). The van der Waals surface area contributed by atoms with Crippen LogP contribution in [-0.4, -0.2) is 48.1 Å². The van der Waals surface area contributed by atoms with Crippen molar-refractivity contribution in [1.82, 2.24) is 10.2 Å². The first-order valence-corrected chi connectivity index (χ1v) is 8.21. The summed E-state index contributed by atoms with van der Waals surface area (Å²) in [5.74, 6) is -1.95. The van der Waals surface area contributed by atoms with Crippen LogP contribution in [0.5, 0.6) is 0 Å². The molecule has 0 aliphatic carbocycles. The van der Waals surface area contributed by atoms with Crippen LogP contribution in [0.15, 0.2) is 28.7 Å². The molecule has 1 fully saturated rings. The topological polar surface area (TPSA) is 103 Å². The van der Waals surface area contributed by atoms with E-state index in [9.17, 15) is 18.8 Å². The lowest BCUT2D eigenvalue weighted by molar-refractivity contribution is 0.0694. The number of hydrogen-bond donors (Lipinski definition) is 2. The lowest BCUT2D eigenvalue weighted by atomic mass is 10.1. The van der Waals surface area contributed by atoms with Crippen molar-refractivity contribution in [3.8, 4) is 0 Å². The Morgan fingerprint density at radius 2 is 2.07 bits per heavy atom. The zero-order valence-electron chi connectivity index (χ0n) is 14.8. The number of furan rings is 1. The molecule has 2 N–H and O–H groups in total. The van der Waals surface area contributed by atoms with Crippen molar-refractivity contribution in [2.45, 2.75) is 13.5 Å². The average Bonchev–Trinajstić information content (AvgIpc) is 3.20. The number of urea groups is 1. The van der Waals surface area contributed by atoms with Crippen LogP contribution in [0, 0.1) is 12.7 Å². The SMILES string of the molecule is Cc1oc(CN(C)C(=O)c2cc(N3CCNC3=O)ccc2F)cc1C(=O)O. The zero-order valence-corrected chi connectivity index (χ0v) is 14.8. The first-order valence-electron chi connectivity index (χ1n) is 8.21. The lowest BCUT2D eigenvalue weighted by Gasteiger charge is -2.19. The molecule has 27 heavy (non-hydrogen) atoms. The van der Waals surface area contributed by atoms with E-state index in [1.54, 1.807) is 0 Å². The van der Waals surface area contributed by atoms with Gasteiger partial charge in [0.25, 0.3) is 5.91 Å². The third kappa shape index (κ3) is 3.62. The molecule has 2 aromatic rings. The summed E-state index contributed by atoms with van der Waals surface area (Å²) in [6, 6.07) is 4.94. The van der Waals surface area contributed by atoms with Gasteiger partial charge in [-0.2, -0.15) is 0 Å². The Hall–Kier alpha value is -3.36. The molecular weight excluding hydrogens is 357 g/mol. The minimum Gasteiger partial charge on any atom is -0.478 e. The van der Waals surface area contributed by atoms with Crippen molar-refractivity contribution in [2.24, 2.45) is 0 Å². The first-order chi connectivity index (χ1) is 12.8. The molecule has 9 heteroatoms. The van der Waals surface area contributed by atoms with Gasteiger partial charge in [-0.25, -0.2) is 14.0 Å². The predicted molar refractivity (Wildman–Crippen MR) is 93.3 cm³/mol. The molecule has 0 unspecified atom stereocenters. The number of anilines is 1. The number of rotatable bonds is 5. The van der Waals surface area contributed by atoms with Crippen LogP contribution in [0.4, 0.5) is 14.9 Å². The summed E-state index contributed by atoms with van der Waals surface area (Å²) in [4.78, 5) is 38.1. The van der Waals surface area contributed by atoms with Crippen LogP contribution >= 0.6 is 0 Å². The molecule has 142 valence electrons. The Morgan fingerprint density at radius 3 is 2.67 bits per heavy atom. The number of carbonyl (C=O) groups is 3. The third-order valence-electron chi connectivity index (χ3n) is 4.29. The third-order valence-corrected chi connectivity index (χ3v) is 4.29. The maximum atomic E-state index is 14.2. The number of benzene rings is 1. The monoisotopic (exact) mass is 375 g/mol. The van der Waals surface area contributed by atoms with Gasteiger partial charge in [-0.15, -0.1) is 0 Å². The summed E-state index contributed by atoms with van der Waals surface area (Å²) in [5.41, 5.74) is 0.251. The molecule has 0 spiro atoms. The number of amides is 3. The minimum absolute atomic E-state index is 0.0130. The van der Waals surface area contributed by atoms with E-state index < -0.39 is 17.7 Å². The van der Waals surface area contributed by atoms with Crippen molar-refractivity contribution >= 4 is 23.6 Å². The molecular formula is C18H18FN3O5. The van der Waals surface area contributed by atoms with E-state index in [4.69, 9.17) is 9.52 Å². The van der Waals surface area contributed by atoms with E-state index in [0.717, 1.165) is 6.07 Å². The van der Waals surface area contributed by atoms with Gasteiger partial charge in [-0.3, -0.25) is 9.69 Å². The van der Waals surface area contributed by atoms with Gasteiger partial charge in [-0.1, -0.05) is 0 Å². The van der Waals surface area contributed by atoms with Crippen molar-refractivity contribution < 1.29 is 28.3 Å². The Balaban J connectivity index is 1.81. The molecule has 0 saturated carbocycles. The molecule has 3 rings (SSSR count). The predicted octanol–water partition coefficient (Wildman–Crippen LogP) is 2.23. The summed E-state index contributed by atoms with van der Waals surface area (Å²) in [6.07, 6.45) is 0. The van der Waals surface area contributed by atoms with E-state index in [1.807, 2.05) is 0 Å². The highest BCUT2D eigenvalue weighted by Crippen LogP contribution is 2.23. The second kappa shape index (κ2) is 7.10. The van der Waals surface area contributed by atoms with Gasteiger partial charge >= 0.3 is 12.0 Å². The van der Waals surface area contributed by atoms with Crippen molar-refractivity contribution in [3.05, 3.63) is 52.7 Å². The molecule has 0 bridgehead atoms. The fraction of sp³-hybridized carbons (Fsp3) is 0.278. The molecule has 1 aromatic heterocycles. The molecule has 3 amide bonds. The highest BCUT2D eigenvalue weighted by molar-refractivity contribution is 5.98. The number of hydrogen-bond acceptors (Lipinski definition) is 4. The van der Waals surface area contributed by atoms with Crippen molar-refractivity contribution in [2.75, 3.05) is 25.0 Å². The average molecular weight is 375 g/mol. The van der Waals surface area contributed by atoms with E-state index in [2.05, 4.69) is 5.32 Å². The van der Waals surface area contributed by atoms with Crippen LogP contribution in [0.1, 0.15) is 32.2 Å². The van der Waals surface area contributed by atoms with Crippen LogP contribution < -0.4 is 10.2 Å². The molecule has 0 atom stereocenters. The maximum absolute atomic E-state index is 14.2. The number of nitrogens with one attached hydrogen (secondary N) is 1. The second-order valence-electron chi connectivity index (χ2n) is 6.20. The molecule has 1 aliphatic heterocycles. The number of aromatic carboxylic acids is 1. The largest absolute Gasteiger partial charge is 0.478 e. The second-order valence-corrected chi connectivity index (χ2v) is 6.20. The normalized spacial score (nSPS) is 13.6. The zero-order chi connectivity index (χ0) is 19.7. The van der Waals surface area contributed by atoms with Gasteiger partial charge in [0.15, 0.2) is 0 Å². The van der Waals surface area contributed by atoms with E-state index >= 15 is 0 Å². The summed E-state index contributed by atoms with van der Waals surface area (Å²) in [6.45, 7) is 2.39. The number of halogens is 1. The summed E-state index contributed by atoms with van der Waals surface area (Å²) in [7, 11) is 1.45. The smallest absolute Gasteiger partial charge is 0.339 e. The van der Waals surface area contributed by atoms with Gasteiger partial charge in [-0.05, 0) is 31.2 Å². The Bertz CT molecular complexity index is 924. The molecule has 1 saturated heterocycles. The van der Waals surface area contributed by atoms with Crippen molar-refractivity contribution in [3.63, 3.8) is 0 Å². The number of carbonyl (C=O) groups excluding carboxylic acids is 2. The van der Waals surface area contributed by atoms with Gasteiger partial charge in [0.2, 0.25) is 0 Å². The fourth-order valence-corrected chi connectivity index (χ4v) is 2.91. The first kappa shape index (κ1) is 18.4. The van der Waals surface area contributed by atoms with E-state index in [0.29, 0.717) is 18.8 Å². The van der Waals surface area contributed by atoms with E-state index in [-0.39, 0.29) is 35.2 Å². The van der Waals surface area contributed by atoms with Gasteiger partial charge < -0.3 is 19.7 Å². The molecule has 2 heterocycles. The number of nitrogens with zero attached hydrogens (tertiary/aromatic N) is 2. The van der Waals surface area contributed by atoms with Gasteiger partial charge in [0.1, 0.15) is 22.9 Å². The molecule has 0 radical (unpaired) electrons. The fourth-order valence-electron chi connectivity index (χ4n) is 2.91. The molecule has 1 aromatic carbocycles. The Morgan fingerprint density at radius 1 is 1.33 bits per heavy atom. The number of carboxylic acids is 1. The summed E-state index contributed by atoms with van der Waals surface area (Å²) < 4.78 is 19.6. The summed E-state index contributed by atoms with van der Waals surface area (Å²) in [5, 5.41) is 11.7. The maximum Gasteiger partial charge on any atom is 0.339 e. The van der Waals surface area contributed by atoms with Crippen LogP contribution in [0.3, 0.4) is 0 Å². The number of aryl methyl sites for hydroxylation is 1. The highest BCUT2D eigenvalue weighted by Gasteiger charge is 2.25. The Kier molecular flexibility index (Phi) is 4.85. The van der Waals surface area contributed by atoms with Crippen LogP contribution in [0.25, 0.3) is 0 Å². The minimum atomic E-state index is -1.13. The molecule has 1 aliphatic rings. The van der Waals surface area contributed by atoms with Crippen molar-refractivity contribution in [1.29, 1.82) is 0 Å². The summed E-state index contributed by atoms with van der Waals surface area (Å²) >= 11 is 0. The van der Waals surface area contributed by atoms with Crippen LogP contribution in [0.2, 0.25) is 0 Å².